The summed E-state index contributed by atoms with van der Waals surface area (Å²) >= 11 is 0. The summed E-state index contributed by atoms with van der Waals surface area (Å²) in [5.74, 6) is -1.92. The van der Waals surface area contributed by atoms with Crippen LogP contribution < -0.4 is 0 Å². The van der Waals surface area contributed by atoms with Crippen molar-refractivity contribution in [1.82, 2.24) is 4.98 Å². The van der Waals surface area contributed by atoms with E-state index in [1.165, 1.54) is 0 Å². The van der Waals surface area contributed by atoms with Gasteiger partial charge in [0.2, 0.25) is 0 Å². The molecule has 0 atom stereocenters. The summed E-state index contributed by atoms with van der Waals surface area (Å²) in [4.78, 5) is 14.8. The van der Waals surface area contributed by atoms with Crippen LogP contribution in [0.3, 0.4) is 0 Å². The highest BCUT2D eigenvalue weighted by atomic mass is 19.2. The van der Waals surface area contributed by atoms with Gasteiger partial charge >= 0.3 is 0 Å². The molecule has 1 N–H and O–H groups in total. The summed E-state index contributed by atoms with van der Waals surface area (Å²) in [7, 11) is 0. The Labute approximate surface area is 97.6 Å². The van der Waals surface area contributed by atoms with E-state index in [9.17, 15) is 13.6 Å². The number of aromatic amines is 1. The summed E-state index contributed by atoms with van der Waals surface area (Å²) in [6.45, 7) is 5.38. The summed E-state index contributed by atoms with van der Waals surface area (Å²) in [6.07, 6.45) is 0. The lowest BCUT2D eigenvalue weighted by Gasteiger charge is -2.14. The van der Waals surface area contributed by atoms with Crippen molar-refractivity contribution in [1.29, 1.82) is 0 Å². The second kappa shape index (κ2) is 3.65. The van der Waals surface area contributed by atoms with Gasteiger partial charge in [-0.15, -0.1) is 0 Å². The molecule has 0 fully saturated rings. The summed E-state index contributed by atoms with van der Waals surface area (Å²) < 4.78 is 26.0. The van der Waals surface area contributed by atoms with Crippen molar-refractivity contribution >= 4 is 16.7 Å². The maximum absolute atomic E-state index is 13.0. The van der Waals surface area contributed by atoms with Crippen LogP contribution in [0.2, 0.25) is 0 Å². The number of carbonyl (C=O) groups excluding carboxylic acids is 1. The third-order valence-corrected chi connectivity index (χ3v) is 2.59. The zero-order valence-corrected chi connectivity index (χ0v) is 9.90. The average molecular weight is 237 g/mol. The molecule has 0 aliphatic rings. The van der Waals surface area contributed by atoms with E-state index in [2.05, 4.69) is 4.98 Å². The Bertz CT molecular complexity index is 554. The predicted molar refractivity (Wildman–Crippen MR) is 62.0 cm³/mol. The standard InChI is InChI=1S/C13H13F2NO/c1-13(2,3)12(17)11-5-7-4-8(14)9(15)6-10(7)16-11/h4-6,16H,1-3H3. The number of ketones is 1. The topological polar surface area (TPSA) is 32.9 Å². The Morgan fingerprint density at radius 2 is 1.71 bits per heavy atom. The molecule has 1 aromatic carbocycles. The van der Waals surface area contributed by atoms with E-state index in [0.29, 0.717) is 16.6 Å². The Morgan fingerprint density at radius 1 is 1.12 bits per heavy atom. The first-order chi connectivity index (χ1) is 7.79. The fraction of sp³-hybridized carbons (Fsp3) is 0.308. The van der Waals surface area contributed by atoms with Crippen LogP contribution >= 0.6 is 0 Å². The predicted octanol–water partition coefficient (Wildman–Crippen LogP) is 3.67. The van der Waals surface area contributed by atoms with Crippen LogP contribution in [0.25, 0.3) is 10.9 Å². The first kappa shape index (κ1) is 11.8. The highest BCUT2D eigenvalue weighted by Gasteiger charge is 2.24. The molecule has 0 aliphatic carbocycles. The van der Waals surface area contributed by atoms with Gasteiger partial charge in [0.1, 0.15) is 0 Å². The van der Waals surface area contributed by atoms with Crippen LogP contribution in [0.5, 0.6) is 0 Å². The van der Waals surface area contributed by atoms with Crippen molar-refractivity contribution < 1.29 is 13.6 Å². The molecular weight excluding hydrogens is 224 g/mol. The lowest BCUT2D eigenvalue weighted by atomic mass is 9.89. The molecule has 0 saturated carbocycles. The van der Waals surface area contributed by atoms with Crippen molar-refractivity contribution in [3.8, 4) is 0 Å². The number of H-pyrrole nitrogens is 1. The molecule has 0 saturated heterocycles. The number of carbonyl (C=O) groups is 1. The van der Waals surface area contributed by atoms with Crippen LogP contribution in [-0.2, 0) is 0 Å². The van der Waals surface area contributed by atoms with Crippen molar-refractivity contribution in [2.24, 2.45) is 5.41 Å². The van der Waals surface area contributed by atoms with E-state index < -0.39 is 17.0 Å². The van der Waals surface area contributed by atoms with Gasteiger partial charge in [0.05, 0.1) is 5.69 Å². The highest BCUT2D eigenvalue weighted by molar-refractivity contribution is 6.02. The van der Waals surface area contributed by atoms with Crippen LogP contribution in [0.4, 0.5) is 8.78 Å². The zero-order chi connectivity index (χ0) is 12.8. The van der Waals surface area contributed by atoms with E-state index in [-0.39, 0.29) is 5.78 Å². The van der Waals surface area contributed by atoms with Gasteiger partial charge in [-0.25, -0.2) is 8.78 Å². The first-order valence-electron chi connectivity index (χ1n) is 5.31. The first-order valence-corrected chi connectivity index (χ1v) is 5.31. The Hall–Kier alpha value is -1.71. The molecule has 2 aromatic rings. The second-order valence-corrected chi connectivity index (χ2v) is 5.12. The van der Waals surface area contributed by atoms with Crippen molar-refractivity contribution in [2.45, 2.75) is 20.8 Å². The fourth-order valence-corrected chi connectivity index (χ4v) is 1.65. The van der Waals surface area contributed by atoms with Gasteiger partial charge in [0.25, 0.3) is 0 Å². The van der Waals surface area contributed by atoms with Crippen molar-refractivity contribution in [3.05, 3.63) is 35.5 Å². The number of hydrogen-bond acceptors (Lipinski definition) is 1. The van der Waals surface area contributed by atoms with Crippen LogP contribution in [0.1, 0.15) is 31.3 Å². The quantitative estimate of drug-likeness (QED) is 0.754. The van der Waals surface area contributed by atoms with E-state index >= 15 is 0 Å². The number of benzene rings is 1. The van der Waals surface area contributed by atoms with Gasteiger partial charge < -0.3 is 4.98 Å². The number of halogens is 2. The lowest BCUT2D eigenvalue weighted by Crippen LogP contribution is -2.20. The van der Waals surface area contributed by atoms with Gasteiger partial charge in [-0.2, -0.15) is 0 Å². The molecule has 1 aromatic heterocycles. The molecule has 1 heterocycles. The number of nitrogens with one attached hydrogen (secondary N) is 1. The van der Waals surface area contributed by atoms with Gasteiger partial charge in [-0.3, -0.25) is 4.79 Å². The number of aromatic nitrogens is 1. The molecule has 90 valence electrons. The minimum atomic E-state index is -0.922. The second-order valence-electron chi connectivity index (χ2n) is 5.12. The summed E-state index contributed by atoms with van der Waals surface area (Å²) in [5, 5.41) is 0.497. The lowest BCUT2D eigenvalue weighted by molar-refractivity contribution is 0.0854. The maximum Gasteiger partial charge on any atom is 0.184 e. The molecular formula is C13H13F2NO. The molecule has 2 rings (SSSR count). The van der Waals surface area contributed by atoms with Crippen LogP contribution in [0, 0.1) is 17.0 Å². The monoisotopic (exact) mass is 237 g/mol. The highest BCUT2D eigenvalue weighted by Crippen LogP contribution is 2.24. The van der Waals surface area contributed by atoms with E-state index in [4.69, 9.17) is 0 Å². The van der Waals surface area contributed by atoms with Gasteiger partial charge in [-0.05, 0) is 12.1 Å². The molecule has 0 spiro atoms. The van der Waals surface area contributed by atoms with E-state index in [1.807, 2.05) is 0 Å². The molecule has 2 nitrogen and oxygen atoms in total. The fourth-order valence-electron chi connectivity index (χ4n) is 1.65. The molecule has 0 unspecified atom stereocenters. The van der Waals surface area contributed by atoms with Gasteiger partial charge in [0, 0.05) is 22.4 Å². The third kappa shape index (κ3) is 2.07. The van der Waals surface area contributed by atoms with E-state index in [0.717, 1.165) is 12.1 Å². The molecule has 17 heavy (non-hydrogen) atoms. The Kier molecular flexibility index (Phi) is 2.53. The number of rotatable bonds is 1. The molecule has 0 bridgehead atoms. The molecule has 0 aliphatic heterocycles. The van der Waals surface area contributed by atoms with Crippen LogP contribution in [0.15, 0.2) is 18.2 Å². The van der Waals surface area contributed by atoms with Crippen molar-refractivity contribution in [2.75, 3.05) is 0 Å². The molecule has 0 amide bonds. The van der Waals surface area contributed by atoms with Crippen LogP contribution in [-0.4, -0.2) is 10.8 Å². The smallest absolute Gasteiger partial charge is 0.184 e. The Balaban J connectivity index is 2.56. The minimum absolute atomic E-state index is 0.0884. The SMILES string of the molecule is CC(C)(C)C(=O)c1cc2cc(F)c(F)cc2[nH]1. The van der Waals surface area contributed by atoms with E-state index in [1.54, 1.807) is 26.8 Å². The Morgan fingerprint density at radius 3 is 2.29 bits per heavy atom. The number of Topliss-reactive ketones (excluding diaryl/α,β-unsaturated/α-hetero) is 1. The third-order valence-electron chi connectivity index (χ3n) is 2.59. The van der Waals surface area contributed by atoms with Crippen molar-refractivity contribution in [3.63, 3.8) is 0 Å². The summed E-state index contributed by atoms with van der Waals surface area (Å²) in [6, 6.07) is 3.69. The minimum Gasteiger partial charge on any atom is -0.352 e. The maximum atomic E-state index is 13.0. The number of fused-ring (bicyclic) bond motifs is 1. The largest absolute Gasteiger partial charge is 0.352 e. The average Bonchev–Trinajstić information content (AvgIpc) is 2.59. The normalized spacial score (nSPS) is 12.1. The summed E-state index contributed by atoms with van der Waals surface area (Å²) in [5.41, 5.74) is 0.270. The molecule has 0 radical (unpaired) electrons. The number of hydrogen-bond donors (Lipinski definition) is 1. The molecule has 4 heteroatoms. The van der Waals surface area contributed by atoms with Gasteiger partial charge in [0.15, 0.2) is 17.4 Å². The zero-order valence-electron chi connectivity index (χ0n) is 9.90. The van der Waals surface area contributed by atoms with Gasteiger partial charge in [-0.1, -0.05) is 20.8 Å².